The van der Waals surface area contributed by atoms with Gasteiger partial charge in [-0.3, -0.25) is 0 Å². The molecule has 0 aliphatic carbocycles. The quantitative estimate of drug-likeness (QED) is 0.165. The van der Waals surface area contributed by atoms with Crippen LogP contribution < -0.4 is 0 Å². The van der Waals surface area contributed by atoms with Gasteiger partial charge in [0.1, 0.15) is 11.2 Å². The molecule has 0 aliphatic heterocycles. The Kier molecular flexibility index (Phi) is 6.98. The lowest BCUT2D eigenvalue weighted by Crippen LogP contribution is -1.98. The lowest BCUT2D eigenvalue weighted by atomic mass is 10.0. The number of fused-ring (bicyclic) bond motifs is 13. The lowest BCUT2D eigenvalue weighted by Gasteiger charge is -2.15. The van der Waals surface area contributed by atoms with E-state index in [4.69, 9.17) is 4.42 Å². The van der Waals surface area contributed by atoms with Crippen LogP contribution in [-0.2, 0) is 0 Å². The van der Waals surface area contributed by atoms with Gasteiger partial charge in [0.25, 0.3) is 0 Å². The van der Waals surface area contributed by atoms with Crippen LogP contribution in [0.2, 0.25) is 0 Å². The summed E-state index contributed by atoms with van der Waals surface area (Å²) >= 11 is 0. The van der Waals surface area contributed by atoms with Crippen LogP contribution in [0.4, 0.5) is 0 Å². The van der Waals surface area contributed by atoms with Crippen molar-refractivity contribution < 1.29 is 4.42 Å². The maximum Gasteiger partial charge on any atom is 0.137 e. The van der Waals surface area contributed by atoms with Gasteiger partial charge in [-0.05, 0) is 135 Å². The fraction of sp³-hybridized carbons (Fsp3) is 0. The van der Waals surface area contributed by atoms with Gasteiger partial charge in [0, 0.05) is 66.7 Å². The van der Waals surface area contributed by atoms with E-state index in [-0.39, 0.29) is 0 Å². The highest BCUT2D eigenvalue weighted by atomic mass is 16.3. The molecule has 0 saturated heterocycles. The molecule has 13 aromatic rings. The van der Waals surface area contributed by atoms with Gasteiger partial charge in [-0.25, -0.2) is 0 Å². The third-order valence-electron chi connectivity index (χ3n) is 12.4. The molecular formula is C56H35N3O. The number of para-hydroxylation sites is 3. The van der Waals surface area contributed by atoms with Gasteiger partial charge in [0.15, 0.2) is 0 Å². The topological polar surface area (TPSA) is 27.9 Å². The highest BCUT2D eigenvalue weighted by Gasteiger charge is 2.15. The van der Waals surface area contributed by atoms with E-state index in [2.05, 4.69) is 214 Å². The number of aromatic nitrogens is 3. The van der Waals surface area contributed by atoms with Crippen LogP contribution in [0.25, 0.3) is 115 Å². The molecule has 0 N–H and O–H groups in total. The third kappa shape index (κ3) is 4.98. The van der Waals surface area contributed by atoms with E-state index in [0.29, 0.717) is 0 Å². The standard InChI is InChI=1S/C56H35N3O/c1-2-12-40(13-3-1)59-53-18-6-4-16-47(53)52-34-45(27-29-54(52)59)57-41-14-8-10-38(30-41)39-11-9-15-42(31-39)58(46-26-28-49-48-17-5-7-19-55(48)60-56(49)35-46)44-25-23-37-21-20-36-22-24-43(57)32-50(36)51(37)33-44/h1-35H. The van der Waals surface area contributed by atoms with E-state index >= 15 is 0 Å². The van der Waals surface area contributed by atoms with Crippen molar-refractivity contribution in [3.8, 4) is 17.1 Å². The summed E-state index contributed by atoms with van der Waals surface area (Å²) in [6, 6.07) is 77.4. The summed E-state index contributed by atoms with van der Waals surface area (Å²) in [7, 11) is 0. The molecule has 0 spiro atoms. The smallest absolute Gasteiger partial charge is 0.137 e. The molecule has 0 atom stereocenters. The van der Waals surface area contributed by atoms with Gasteiger partial charge in [-0.1, -0.05) is 103 Å². The van der Waals surface area contributed by atoms with E-state index in [1.165, 1.54) is 43.4 Å². The molecule has 0 unspecified atom stereocenters. The molecule has 0 saturated carbocycles. The first-order valence-corrected chi connectivity index (χ1v) is 20.5. The van der Waals surface area contributed by atoms with Gasteiger partial charge < -0.3 is 18.1 Å². The number of furan rings is 1. The Labute approximate surface area is 344 Å². The molecule has 0 radical (unpaired) electrons. The molecule has 60 heavy (non-hydrogen) atoms. The van der Waals surface area contributed by atoms with Crippen molar-refractivity contribution in [2.24, 2.45) is 0 Å². The average Bonchev–Trinajstić information content (AvgIpc) is 3.84. The minimum atomic E-state index is 0.871. The van der Waals surface area contributed by atoms with Crippen LogP contribution >= 0.6 is 0 Å². The molecule has 3 heterocycles. The minimum absolute atomic E-state index is 0.871. The number of nitrogens with zero attached hydrogens (tertiary/aromatic N) is 3. The Morgan fingerprint density at radius 3 is 1.52 bits per heavy atom. The highest BCUT2D eigenvalue weighted by Crippen LogP contribution is 2.37. The Hall–Kier alpha value is -8.08. The molecule has 13 rings (SSSR count). The summed E-state index contributed by atoms with van der Waals surface area (Å²) < 4.78 is 13.6. The van der Waals surface area contributed by atoms with Gasteiger partial charge in [0.2, 0.25) is 0 Å². The summed E-state index contributed by atoms with van der Waals surface area (Å²) in [6.45, 7) is 0. The Balaban J connectivity index is 1.14. The Morgan fingerprint density at radius 1 is 0.250 bits per heavy atom. The van der Waals surface area contributed by atoms with Gasteiger partial charge in [0.05, 0.1) is 11.0 Å². The van der Waals surface area contributed by atoms with Crippen LogP contribution in [-0.4, -0.2) is 13.7 Å². The first-order chi connectivity index (χ1) is 29.7. The normalized spacial score (nSPS) is 12.0. The van der Waals surface area contributed by atoms with Gasteiger partial charge in [-0.2, -0.15) is 0 Å². The molecule has 4 nitrogen and oxygen atoms in total. The zero-order valence-corrected chi connectivity index (χ0v) is 32.5. The van der Waals surface area contributed by atoms with Crippen molar-refractivity contribution in [1.29, 1.82) is 0 Å². The molecule has 0 aliphatic rings. The van der Waals surface area contributed by atoms with Crippen LogP contribution in [0.15, 0.2) is 217 Å². The van der Waals surface area contributed by atoms with Crippen LogP contribution in [0.3, 0.4) is 0 Å². The van der Waals surface area contributed by atoms with Crippen molar-refractivity contribution >= 4 is 98.1 Å². The third-order valence-corrected chi connectivity index (χ3v) is 12.4. The summed E-state index contributed by atoms with van der Waals surface area (Å²) in [5.74, 6) is 0. The van der Waals surface area contributed by atoms with E-state index < -0.39 is 0 Å². The number of benzene rings is 10. The second-order valence-electron chi connectivity index (χ2n) is 15.8. The number of rotatable bonds is 3. The van der Waals surface area contributed by atoms with Crippen LogP contribution in [0.1, 0.15) is 0 Å². The molecular weight excluding hydrogens is 731 g/mol. The van der Waals surface area contributed by atoms with E-state index in [9.17, 15) is 0 Å². The maximum atomic E-state index is 6.44. The van der Waals surface area contributed by atoms with Gasteiger partial charge in [-0.15, -0.1) is 0 Å². The predicted molar refractivity (Wildman–Crippen MR) is 252 cm³/mol. The van der Waals surface area contributed by atoms with Crippen molar-refractivity contribution in [3.63, 3.8) is 0 Å². The van der Waals surface area contributed by atoms with Crippen molar-refractivity contribution in [2.45, 2.75) is 0 Å². The van der Waals surface area contributed by atoms with Crippen molar-refractivity contribution in [1.82, 2.24) is 13.7 Å². The highest BCUT2D eigenvalue weighted by molar-refractivity contribution is 6.12. The Morgan fingerprint density at radius 2 is 0.800 bits per heavy atom. The lowest BCUT2D eigenvalue weighted by molar-refractivity contribution is 0.668. The fourth-order valence-electron chi connectivity index (χ4n) is 9.66. The maximum absolute atomic E-state index is 6.44. The van der Waals surface area contributed by atoms with Crippen molar-refractivity contribution in [3.05, 3.63) is 212 Å². The minimum Gasteiger partial charge on any atom is -0.456 e. The second kappa shape index (κ2) is 12.7. The van der Waals surface area contributed by atoms with E-state index in [1.54, 1.807) is 0 Å². The van der Waals surface area contributed by atoms with Crippen LogP contribution in [0, 0.1) is 0 Å². The molecule has 280 valence electrons. The first kappa shape index (κ1) is 32.9. The number of hydrogen-bond acceptors (Lipinski definition) is 1. The van der Waals surface area contributed by atoms with E-state index in [1.807, 2.05) is 12.1 Å². The van der Waals surface area contributed by atoms with Crippen molar-refractivity contribution in [2.75, 3.05) is 0 Å². The molecule has 0 amide bonds. The average molecular weight is 766 g/mol. The fourth-order valence-corrected chi connectivity index (χ4v) is 9.66. The predicted octanol–water partition coefficient (Wildman–Crippen LogP) is 15.2. The molecule has 4 heteroatoms. The summed E-state index contributed by atoms with van der Waals surface area (Å²) in [5.41, 5.74) is 11.8. The van der Waals surface area contributed by atoms with E-state index in [0.717, 1.165) is 71.8 Å². The molecule has 8 bridgehead atoms. The molecule has 0 fully saturated rings. The first-order valence-electron chi connectivity index (χ1n) is 20.5. The SMILES string of the molecule is c1ccc(-n2c3ccccc3c3cc(-n4c5cccc(c5)c5cccc(c5)n(-c5ccc6c(c5)oc5ccccc56)c5ccc6ccc7ccc4cc7c6c5)ccc32)cc1. The largest absolute Gasteiger partial charge is 0.456 e. The summed E-state index contributed by atoms with van der Waals surface area (Å²) in [6.07, 6.45) is 0. The zero-order valence-electron chi connectivity index (χ0n) is 32.5. The summed E-state index contributed by atoms with van der Waals surface area (Å²) in [5, 5.41) is 11.8. The number of hydrogen-bond donors (Lipinski definition) is 0. The Bertz CT molecular complexity index is 3950. The monoisotopic (exact) mass is 765 g/mol. The van der Waals surface area contributed by atoms with Gasteiger partial charge >= 0.3 is 0 Å². The second-order valence-corrected chi connectivity index (χ2v) is 15.8. The zero-order chi connectivity index (χ0) is 39.3. The van der Waals surface area contributed by atoms with Crippen LogP contribution in [0.5, 0.6) is 0 Å². The molecule has 3 aromatic heterocycles. The molecule has 10 aromatic carbocycles. The summed E-state index contributed by atoms with van der Waals surface area (Å²) in [4.78, 5) is 0.